The molecule has 0 amide bonds. The van der Waals surface area contributed by atoms with Crippen LogP contribution in [0.25, 0.3) is 16.8 Å². The molecule has 0 spiro atoms. The molecule has 0 fully saturated rings. The van der Waals surface area contributed by atoms with Gasteiger partial charge in [-0.25, -0.2) is 9.97 Å². The van der Waals surface area contributed by atoms with Crippen molar-refractivity contribution in [2.24, 2.45) is 11.3 Å². The Morgan fingerprint density at radius 1 is 1.29 bits per heavy atom. The summed E-state index contributed by atoms with van der Waals surface area (Å²) >= 11 is 0. The van der Waals surface area contributed by atoms with Crippen LogP contribution in [0.15, 0.2) is 30.5 Å². The number of hydrogen-bond acceptors (Lipinski definition) is 5. The number of ketones is 1. The number of rotatable bonds is 1. The molecule has 122 valence electrons. The van der Waals surface area contributed by atoms with Crippen molar-refractivity contribution in [3.05, 3.63) is 41.7 Å². The number of benzene rings is 1. The largest absolute Gasteiger partial charge is 0.468 e. The van der Waals surface area contributed by atoms with Crippen LogP contribution in [0.4, 0.5) is 0 Å². The number of imidazole rings is 1. The van der Waals surface area contributed by atoms with E-state index >= 15 is 0 Å². The molecule has 0 N–H and O–H groups in total. The van der Waals surface area contributed by atoms with E-state index in [1.165, 1.54) is 7.11 Å². The molecule has 0 bridgehead atoms. The predicted molar refractivity (Wildman–Crippen MR) is 87.8 cm³/mol. The summed E-state index contributed by atoms with van der Waals surface area (Å²) in [5, 5.41) is 0. The molecule has 0 radical (unpaired) electrons. The first kappa shape index (κ1) is 14.8. The third-order valence-corrected chi connectivity index (χ3v) is 4.75. The Morgan fingerprint density at radius 2 is 2.04 bits per heavy atom. The molecule has 24 heavy (non-hydrogen) atoms. The lowest BCUT2D eigenvalue weighted by Crippen LogP contribution is -2.44. The average molecular weight is 323 g/mol. The molecule has 0 saturated heterocycles. The lowest BCUT2D eigenvalue weighted by atomic mass is 9.67. The van der Waals surface area contributed by atoms with E-state index in [-0.39, 0.29) is 5.78 Å². The van der Waals surface area contributed by atoms with Gasteiger partial charge in [0.25, 0.3) is 0 Å². The van der Waals surface area contributed by atoms with Gasteiger partial charge in [-0.05, 0) is 24.0 Å². The van der Waals surface area contributed by atoms with Crippen molar-refractivity contribution in [1.29, 1.82) is 0 Å². The molecular weight excluding hydrogens is 306 g/mol. The summed E-state index contributed by atoms with van der Waals surface area (Å²) < 4.78 is 6.66. The molecule has 1 atom stereocenters. The van der Waals surface area contributed by atoms with Gasteiger partial charge < -0.3 is 4.74 Å². The highest BCUT2D eigenvalue weighted by Crippen LogP contribution is 2.39. The zero-order chi connectivity index (χ0) is 17.1. The summed E-state index contributed by atoms with van der Waals surface area (Å²) in [6.07, 6.45) is 2.27. The number of fused-ring (bicyclic) bond motifs is 4. The molecule has 1 aromatic carbocycles. The van der Waals surface area contributed by atoms with Gasteiger partial charge in [0.15, 0.2) is 5.78 Å². The van der Waals surface area contributed by atoms with Crippen molar-refractivity contribution in [3.8, 4) is 0 Å². The fourth-order valence-electron chi connectivity index (χ4n) is 3.55. The van der Waals surface area contributed by atoms with E-state index in [1.54, 1.807) is 10.6 Å². The van der Waals surface area contributed by atoms with Gasteiger partial charge in [-0.15, -0.1) is 0 Å². The highest BCUT2D eigenvalue weighted by atomic mass is 16.5. The van der Waals surface area contributed by atoms with E-state index in [1.807, 2.05) is 38.1 Å². The third-order valence-electron chi connectivity index (χ3n) is 4.75. The minimum absolute atomic E-state index is 0.236. The SMILES string of the molecule is COC(=O)[C@H]1C(=O)c2cn3c(nc2CC1(C)C)nc1ccccc13. The molecule has 0 aliphatic heterocycles. The van der Waals surface area contributed by atoms with Crippen LogP contribution in [0.5, 0.6) is 0 Å². The summed E-state index contributed by atoms with van der Waals surface area (Å²) in [6, 6.07) is 7.67. The summed E-state index contributed by atoms with van der Waals surface area (Å²) in [6.45, 7) is 3.78. The second kappa shape index (κ2) is 4.87. The van der Waals surface area contributed by atoms with Crippen LogP contribution in [0.3, 0.4) is 0 Å². The van der Waals surface area contributed by atoms with Gasteiger partial charge in [-0.1, -0.05) is 26.0 Å². The number of Topliss-reactive ketones (excluding diaryl/α,β-unsaturated/α-hetero) is 1. The monoisotopic (exact) mass is 323 g/mol. The summed E-state index contributed by atoms with van der Waals surface area (Å²) in [5.41, 5.74) is 2.32. The van der Waals surface area contributed by atoms with Gasteiger partial charge in [0, 0.05) is 6.20 Å². The van der Waals surface area contributed by atoms with Crippen LogP contribution in [-0.2, 0) is 16.0 Å². The van der Waals surface area contributed by atoms with E-state index in [0.717, 1.165) is 11.0 Å². The first-order valence-electron chi connectivity index (χ1n) is 7.81. The van der Waals surface area contributed by atoms with E-state index in [0.29, 0.717) is 23.5 Å². The first-order chi connectivity index (χ1) is 11.4. The second-order valence-corrected chi connectivity index (χ2v) is 6.86. The van der Waals surface area contributed by atoms with Crippen molar-refractivity contribution in [2.45, 2.75) is 20.3 Å². The number of nitrogens with zero attached hydrogens (tertiary/aromatic N) is 3. The molecule has 4 rings (SSSR count). The van der Waals surface area contributed by atoms with Crippen LogP contribution in [0.2, 0.25) is 0 Å². The predicted octanol–water partition coefficient (Wildman–Crippen LogP) is 2.44. The van der Waals surface area contributed by atoms with E-state index in [2.05, 4.69) is 9.97 Å². The first-order valence-corrected chi connectivity index (χ1v) is 7.81. The highest BCUT2D eigenvalue weighted by Gasteiger charge is 2.47. The summed E-state index contributed by atoms with van der Waals surface area (Å²) in [7, 11) is 1.31. The maximum atomic E-state index is 13.0. The molecule has 1 aliphatic carbocycles. The molecule has 6 heteroatoms. The number of aromatic nitrogens is 3. The maximum Gasteiger partial charge on any atom is 0.317 e. The van der Waals surface area contributed by atoms with Crippen LogP contribution in [0, 0.1) is 11.3 Å². The van der Waals surface area contributed by atoms with Gasteiger partial charge in [-0.2, -0.15) is 0 Å². The van der Waals surface area contributed by atoms with E-state index < -0.39 is 17.3 Å². The molecule has 3 aromatic rings. The number of hydrogen-bond donors (Lipinski definition) is 0. The van der Waals surface area contributed by atoms with Crippen molar-refractivity contribution in [1.82, 2.24) is 14.4 Å². The molecule has 0 unspecified atom stereocenters. The molecular formula is C18H17N3O3. The zero-order valence-corrected chi connectivity index (χ0v) is 13.7. The number of carbonyl (C=O) groups excluding carboxylic acids is 2. The molecule has 0 saturated carbocycles. The van der Waals surface area contributed by atoms with Crippen LogP contribution in [0.1, 0.15) is 29.9 Å². The smallest absolute Gasteiger partial charge is 0.317 e. The maximum absolute atomic E-state index is 13.0. The van der Waals surface area contributed by atoms with Gasteiger partial charge in [0.1, 0.15) is 5.92 Å². The standard InChI is InChI=1S/C18H17N3O3/c1-18(2)8-12-10(15(22)14(18)16(23)24-3)9-21-13-7-5-4-6-11(13)19-17(21)20-12/h4-7,9,14H,8H2,1-3H3/t14-/m1/s1. The van der Waals surface area contributed by atoms with E-state index in [9.17, 15) is 9.59 Å². The summed E-state index contributed by atoms with van der Waals surface area (Å²) in [5.74, 6) is -0.981. The Balaban J connectivity index is 1.97. The van der Waals surface area contributed by atoms with Gasteiger partial charge in [-0.3, -0.25) is 14.0 Å². The van der Waals surface area contributed by atoms with Crippen molar-refractivity contribution in [3.63, 3.8) is 0 Å². The highest BCUT2D eigenvalue weighted by molar-refractivity contribution is 6.10. The third kappa shape index (κ3) is 1.95. The molecule has 6 nitrogen and oxygen atoms in total. The van der Waals surface area contributed by atoms with E-state index in [4.69, 9.17) is 4.74 Å². The van der Waals surface area contributed by atoms with Crippen molar-refractivity contribution in [2.75, 3.05) is 7.11 Å². The Hall–Kier alpha value is -2.76. The Bertz CT molecular complexity index is 1000. The fraction of sp³-hybridized carbons (Fsp3) is 0.333. The second-order valence-electron chi connectivity index (χ2n) is 6.86. The lowest BCUT2D eigenvalue weighted by molar-refractivity contribution is -0.147. The number of ether oxygens (including phenoxy) is 1. The number of methoxy groups -OCH3 is 1. The van der Waals surface area contributed by atoms with Gasteiger partial charge >= 0.3 is 5.97 Å². The van der Waals surface area contributed by atoms with Gasteiger partial charge in [0.2, 0.25) is 5.78 Å². The topological polar surface area (TPSA) is 73.6 Å². The number of para-hydroxylation sites is 2. The van der Waals surface area contributed by atoms with Crippen LogP contribution >= 0.6 is 0 Å². The molecule has 1 aliphatic rings. The van der Waals surface area contributed by atoms with Crippen molar-refractivity contribution < 1.29 is 14.3 Å². The Morgan fingerprint density at radius 3 is 2.79 bits per heavy atom. The molecule has 2 aromatic heterocycles. The number of esters is 1. The normalized spacial score (nSPS) is 19.5. The Kier molecular flexibility index (Phi) is 3.00. The van der Waals surface area contributed by atoms with Crippen LogP contribution < -0.4 is 0 Å². The van der Waals surface area contributed by atoms with Crippen LogP contribution in [-0.4, -0.2) is 33.2 Å². The quantitative estimate of drug-likeness (QED) is 0.508. The average Bonchev–Trinajstić information content (AvgIpc) is 2.89. The lowest BCUT2D eigenvalue weighted by Gasteiger charge is -2.35. The van der Waals surface area contributed by atoms with Crippen molar-refractivity contribution >= 4 is 28.6 Å². The van der Waals surface area contributed by atoms with Gasteiger partial charge in [0.05, 0.1) is 29.4 Å². The minimum atomic E-state index is -0.816. The number of carbonyl (C=O) groups is 2. The Labute approximate surface area is 138 Å². The minimum Gasteiger partial charge on any atom is -0.468 e. The fourth-order valence-corrected chi connectivity index (χ4v) is 3.55. The molecule has 2 heterocycles. The summed E-state index contributed by atoms with van der Waals surface area (Å²) in [4.78, 5) is 34.2. The zero-order valence-electron chi connectivity index (χ0n) is 13.7.